The van der Waals surface area contributed by atoms with Crippen molar-refractivity contribution in [1.82, 2.24) is 0 Å². The first-order valence-electron chi connectivity index (χ1n) is 6.85. The summed E-state index contributed by atoms with van der Waals surface area (Å²) in [5.41, 5.74) is 1.89. The quantitative estimate of drug-likeness (QED) is 0.903. The lowest BCUT2D eigenvalue weighted by Crippen LogP contribution is -2.46. The molecule has 0 atom stereocenters. The maximum atomic E-state index is 11.7. The highest BCUT2D eigenvalue weighted by Crippen LogP contribution is 2.36. The summed E-state index contributed by atoms with van der Waals surface area (Å²) in [4.78, 5) is 13.9. The van der Waals surface area contributed by atoms with E-state index in [4.69, 9.17) is 4.74 Å². The molecular weight excluding hydrogens is 242 g/mol. The molecule has 1 aromatic rings. The molecule has 0 amide bonds. The van der Waals surface area contributed by atoms with Crippen LogP contribution in [0.5, 0.6) is 0 Å². The van der Waals surface area contributed by atoms with Crippen molar-refractivity contribution in [2.45, 2.75) is 19.3 Å². The molecule has 2 aliphatic heterocycles. The lowest BCUT2D eigenvalue weighted by molar-refractivity contribution is -0.154. The van der Waals surface area contributed by atoms with E-state index in [1.165, 1.54) is 11.3 Å². The van der Waals surface area contributed by atoms with Crippen molar-refractivity contribution in [1.29, 1.82) is 0 Å². The van der Waals surface area contributed by atoms with Gasteiger partial charge in [0.1, 0.15) is 0 Å². The summed E-state index contributed by atoms with van der Waals surface area (Å²) in [5.74, 6) is -0.680. The normalized spacial score (nSPS) is 21.2. The third-order valence-electron chi connectivity index (χ3n) is 4.38. The van der Waals surface area contributed by atoms with Gasteiger partial charge in [0.15, 0.2) is 0 Å². The summed E-state index contributed by atoms with van der Waals surface area (Å²) in [6, 6.07) is 8.29. The highest BCUT2D eigenvalue weighted by atomic mass is 16.5. The van der Waals surface area contributed by atoms with E-state index in [1.807, 2.05) is 12.1 Å². The van der Waals surface area contributed by atoms with Crippen LogP contribution in [0.2, 0.25) is 0 Å². The van der Waals surface area contributed by atoms with E-state index in [9.17, 15) is 9.90 Å². The van der Waals surface area contributed by atoms with Gasteiger partial charge in [0.2, 0.25) is 0 Å². The van der Waals surface area contributed by atoms with Crippen LogP contribution in [0.25, 0.3) is 0 Å². The summed E-state index contributed by atoms with van der Waals surface area (Å²) >= 11 is 0. The molecule has 4 nitrogen and oxygen atoms in total. The molecule has 0 bridgehead atoms. The number of hydrogen-bond donors (Lipinski definition) is 1. The minimum absolute atomic E-state index is 0.557. The monoisotopic (exact) mass is 261 g/mol. The fourth-order valence-corrected chi connectivity index (χ4v) is 3.14. The Morgan fingerprint density at radius 3 is 2.79 bits per heavy atom. The van der Waals surface area contributed by atoms with Crippen LogP contribution in [0, 0.1) is 5.41 Å². The lowest BCUT2D eigenvalue weighted by atomic mass is 9.79. The zero-order chi connectivity index (χ0) is 13.3. The topological polar surface area (TPSA) is 49.8 Å². The van der Waals surface area contributed by atoms with Crippen molar-refractivity contribution in [3.8, 4) is 0 Å². The van der Waals surface area contributed by atoms with Gasteiger partial charge in [-0.15, -0.1) is 0 Å². The predicted molar refractivity (Wildman–Crippen MR) is 72.5 cm³/mol. The Morgan fingerprint density at radius 2 is 2.05 bits per heavy atom. The standard InChI is InChI=1S/C15H19NO3/c17-14(18)15(6-9-19-10-7-15)11-16-8-5-12-3-1-2-4-13(12)16/h1-4H,5-11H2,(H,17,18). The summed E-state index contributed by atoms with van der Waals surface area (Å²) < 4.78 is 5.33. The van der Waals surface area contributed by atoms with E-state index in [0.29, 0.717) is 32.6 Å². The first-order chi connectivity index (χ1) is 9.21. The molecule has 102 valence electrons. The summed E-state index contributed by atoms with van der Waals surface area (Å²) in [7, 11) is 0. The summed E-state index contributed by atoms with van der Waals surface area (Å²) in [5, 5.41) is 9.61. The van der Waals surface area contributed by atoms with Gasteiger partial charge in [-0.3, -0.25) is 4.79 Å². The van der Waals surface area contributed by atoms with Crippen LogP contribution in [0.15, 0.2) is 24.3 Å². The van der Waals surface area contributed by atoms with E-state index in [0.717, 1.165) is 13.0 Å². The molecule has 1 fully saturated rings. The largest absolute Gasteiger partial charge is 0.481 e. The number of aliphatic carboxylic acids is 1. The van der Waals surface area contributed by atoms with Crippen LogP contribution in [-0.4, -0.2) is 37.4 Å². The molecule has 0 aromatic heterocycles. The van der Waals surface area contributed by atoms with E-state index >= 15 is 0 Å². The highest BCUT2D eigenvalue weighted by Gasteiger charge is 2.42. The number of rotatable bonds is 3. The van der Waals surface area contributed by atoms with Crippen LogP contribution in [0.3, 0.4) is 0 Å². The van der Waals surface area contributed by atoms with Crippen LogP contribution >= 0.6 is 0 Å². The van der Waals surface area contributed by atoms with Crippen molar-refractivity contribution >= 4 is 11.7 Å². The minimum atomic E-state index is -0.680. The molecule has 2 heterocycles. The third-order valence-corrected chi connectivity index (χ3v) is 4.38. The van der Waals surface area contributed by atoms with Gasteiger partial charge in [0, 0.05) is 32.0 Å². The molecule has 3 rings (SSSR count). The second kappa shape index (κ2) is 4.85. The number of nitrogens with zero attached hydrogens (tertiary/aromatic N) is 1. The van der Waals surface area contributed by atoms with E-state index in [2.05, 4.69) is 17.0 Å². The van der Waals surface area contributed by atoms with Gasteiger partial charge >= 0.3 is 5.97 Å². The second-order valence-electron chi connectivity index (χ2n) is 5.50. The molecular formula is C15H19NO3. The number of fused-ring (bicyclic) bond motifs is 1. The first-order valence-corrected chi connectivity index (χ1v) is 6.85. The molecule has 2 aliphatic rings. The Morgan fingerprint density at radius 1 is 1.32 bits per heavy atom. The van der Waals surface area contributed by atoms with Gasteiger partial charge in [-0.05, 0) is 30.9 Å². The number of para-hydroxylation sites is 1. The molecule has 1 saturated heterocycles. The van der Waals surface area contributed by atoms with Crippen LogP contribution in [0.1, 0.15) is 18.4 Å². The van der Waals surface area contributed by atoms with E-state index < -0.39 is 11.4 Å². The fraction of sp³-hybridized carbons (Fsp3) is 0.533. The van der Waals surface area contributed by atoms with E-state index in [-0.39, 0.29) is 0 Å². The van der Waals surface area contributed by atoms with Gasteiger partial charge in [0.25, 0.3) is 0 Å². The Hall–Kier alpha value is -1.55. The summed E-state index contributed by atoms with van der Waals surface area (Å²) in [6.07, 6.45) is 2.24. The summed E-state index contributed by atoms with van der Waals surface area (Å²) in [6.45, 7) is 2.64. The number of hydrogen-bond acceptors (Lipinski definition) is 3. The number of anilines is 1. The van der Waals surface area contributed by atoms with Crippen molar-refractivity contribution in [2.24, 2.45) is 5.41 Å². The molecule has 0 radical (unpaired) electrons. The Kier molecular flexibility index (Phi) is 3.19. The van der Waals surface area contributed by atoms with Crippen molar-refractivity contribution in [2.75, 3.05) is 31.2 Å². The highest BCUT2D eigenvalue weighted by molar-refractivity contribution is 5.76. The van der Waals surface area contributed by atoms with Crippen molar-refractivity contribution < 1.29 is 14.6 Å². The van der Waals surface area contributed by atoms with Crippen molar-refractivity contribution in [3.63, 3.8) is 0 Å². The number of ether oxygens (including phenoxy) is 1. The predicted octanol–water partition coefficient (Wildman–Crippen LogP) is 1.93. The maximum Gasteiger partial charge on any atom is 0.311 e. The Bertz CT molecular complexity index is 480. The molecule has 4 heteroatoms. The zero-order valence-electron chi connectivity index (χ0n) is 11.0. The number of carbonyl (C=O) groups is 1. The Balaban J connectivity index is 1.82. The molecule has 0 aliphatic carbocycles. The molecule has 1 N–H and O–H groups in total. The molecule has 0 saturated carbocycles. The molecule has 1 aromatic carbocycles. The first kappa shape index (κ1) is 12.5. The van der Waals surface area contributed by atoms with Crippen LogP contribution in [0.4, 0.5) is 5.69 Å². The fourth-order valence-electron chi connectivity index (χ4n) is 3.14. The van der Waals surface area contributed by atoms with Crippen LogP contribution < -0.4 is 4.90 Å². The molecule has 0 unspecified atom stereocenters. The second-order valence-corrected chi connectivity index (χ2v) is 5.50. The van der Waals surface area contributed by atoms with Crippen LogP contribution in [-0.2, 0) is 16.0 Å². The average molecular weight is 261 g/mol. The van der Waals surface area contributed by atoms with Gasteiger partial charge in [-0.2, -0.15) is 0 Å². The third kappa shape index (κ3) is 2.21. The van der Waals surface area contributed by atoms with Gasteiger partial charge in [-0.1, -0.05) is 18.2 Å². The Labute approximate surface area is 113 Å². The van der Waals surface area contributed by atoms with Gasteiger partial charge in [-0.25, -0.2) is 0 Å². The number of carboxylic acid groups (broad SMARTS) is 1. The minimum Gasteiger partial charge on any atom is -0.481 e. The van der Waals surface area contributed by atoms with E-state index in [1.54, 1.807) is 0 Å². The smallest absolute Gasteiger partial charge is 0.311 e. The number of carboxylic acids is 1. The molecule has 19 heavy (non-hydrogen) atoms. The SMILES string of the molecule is O=C(O)C1(CN2CCc3ccccc32)CCOCC1. The molecule has 0 spiro atoms. The average Bonchev–Trinajstić information content (AvgIpc) is 2.83. The van der Waals surface area contributed by atoms with Gasteiger partial charge in [0.05, 0.1) is 5.41 Å². The zero-order valence-corrected chi connectivity index (χ0v) is 11.0. The van der Waals surface area contributed by atoms with Crippen molar-refractivity contribution in [3.05, 3.63) is 29.8 Å². The van der Waals surface area contributed by atoms with Gasteiger partial charge < -0.3 is 14.7 Å². The number of benzene rings is 1. The maximum absolute atomic E-state index is 11.7. The lowest BCUT2D eigenvalue weighted by Gasteiger charge is -2.37.